The summed E-state index contributed by atoms with van der Waals surface area (Å²) in [4.78, 5) is 0. The van der Waals surface area contributed by atoms with Crippen LogP contribution in [0, 0.1) is 0 Å². The summed E-state index contributed by atoms with van der Waals surface area (Å²) in [7, 11) is 0. The highest BCUT2D eigenvalue weighted by molar-refractivity contribution is 5.59. The van der Waals surface area contributed by atoms with Crippen molar-refractivity contribution in [2.45, 2.75) is 25.6 Å². The third kappa shape index (κ3) is 3.88. The molecule has 0 saturated carbocycles. The van der Waals surface area contributed by atoms with E-state index in [0.29, 0.717) is 12.0 Å². The number of rotatable bonds is 4. The molecule has 0 aliphatic carbocycles. The second-order valence-electron chi connectivity index (χ2n) is 5.65. The second kappa shape index (κ2) is 6.68. The summed E-state index contributed by atoms with van der Waals surface area (Å²) in [5.74, 6) is 0.373. The number of alkyl halides is 3. The van der Waals surface area contributed by atoms with Crippen molar-refractivity contribution >= 4 is 0 Å². The Hall–Kier alpha value is -2.67. The summed E-state index contributed by atoms with van der Waals surface area (Å²) < 4.78 is 43.4. The quantitative estimate of drug-likeness (QED) is 0.759. The highest BCUT2D eigenvalue weighted by atomic mass is 19.4. The number of aliphatic hydroxyl groups excluding tert-OH is 1. The standard InChI is InChI=1S/C18H15F3N2O2/c1-11(24)16-22-23-17(25-16)15-5-3-2-4-13(15)10-12-6-8-14(9-7-12)18(19,20)21/h2-9,11,24H,10H2,1H3. The maximum atomic E-state index is 12.7. The highest BCUT2D eigenvalue weighted by Gasteiger charge is 2.29. The zero-order valence-electron chi connectivity index (χ0n) is 13.3. The van der Waals surface area contributed by atoms with E-state index in [1.165, 1.54) is 19.1 Å². The summed E-state index contributed by atoms with van der Waals surface area (Å²) in [6, 6.07) is 12.3. The van der Waals surface area contributed by atoms with E-state index in [1.54, 1.807) is 12.1 Å². The summed E-state index contributed by atoms with van der Waals surface area (Å²) >= 11 is 0. The van der Waals surface area contributed by atoms with Gasteiger partial charge in [0.15, 0.2) is 0 Å². The van der Waals surface area contributed by atoms with E-state index in [-0.39, 0.29) is 11.8 Å². The molecule has 0 radical (unpaired) electrons. The van der Waals surface area contributed by atoms with E-state index >= 15 is 0 Å². The monoisotopic (exact) mass is 348 g/mol. The number of nitrogens with zero attached hydrogens (tertiary/aromatic N) is 2. The Balaban J connectivity index is 1.88. The predicted molar refractivity (Wildman–Crippen MR) is 84.6 cm³/mol. The molecule has 0 fully saturated rings. The SMILES string of the molecule is CC(O)c1nnc(-c2ccccc2Cc2ccc(C(F)(F)F)cc2)o1. The fourth-order valence-electron chi connectivity index (χ4n) is 2.43. The van der Waals surface area contributed by atoms with Crippen LogP contribution in [0.25, 0.3) is 11.5 Å². The molecule has 0 aliphatic heterocycles. The van der Waals surface area contributed by atoms with Crippen molar-refractivity contribution in [3.05, 3.63) is 71.1 Å². The number of benzene rings is 2. The van der Waals surface area contributed by atoms with Gasteiger partial charge in [0, 0.05) is 5.56 Å². The van der Waals surface area contributed by atoms with E-state index in [9.17, 15) is 18.3 Å². The molecule has 0 amide bonds. The molecule has 1 heterocycles. The van der Waals surface area contributed by atoms with Crippen LogP contribution in [0.5, 0.6) is 0 Å². The third-order valence-electron chi connectivity index (χ3n) is 3.72. The van der Waals surface area contributed by atoms with Crippen molar-refractivity contribution in [2.75, 3.05) is 0 Å². The predicted octanol–water partition coefficient (Wildman–Crippen LogP) is 4.40. The maximum Gasteiger partial charge on any atom is 0.416 e. The van der Waals surface area contributed by atoms with Crippen LogP contribution in [0.15, 0.2) is 52.9 Å². The molecule has 0 spiro atoms. The molecule has 3 aromatic rings. The summed E-state index contributed by atoms with van der Waals surface area (Å²) in [6.07, 6.45) is -4.80. The summed E-state index contributed by atoms with van der Waals surface area (Å²) in [5, 5.41) is 17.2. The second-order valence-corrected chi connectivity index (χ2v) is 5.65. The molecule has 25 heavy (non-hydrogen) atoms. The normalized spacial score (nSPS) is 13.0. The molecule has 3 rings (SSSR count). The van der Waals surface area contributed by atoms with E-state index in [4.69, 9.17) is 4.42 Å². The summed E-state index contributed by atoms with van der Waals surface area (Å²) in [5.41, 5.74) is 1.57. The average Bonchev–Trinajstić information content (AvgIpc) is 3.05. The molecule has 130 valence electrons. The lowest BCUT2D eigenvalue weighted by atomic mass is 9.99. The average molecular weight is 348 g/mol. The van der Waals surface area contributed by atoms with Gasteiger partial charge in [-0.05, 0) is 42.7 Å². The number of hydrogen-bond acceptors (Lipinski definition) is 4. The van der Waals surface area contributed by atoms with Crippen LogP contribution in [0.3, 0.4) is 0 Å². The van der Waals surface area contributed by atoms with Crippen LogP contribution in [0.1, 0.15) is 35.6 Å². The largest absolute Gasteiger partial charge is 0.418 e. The lowest BCUT2D eigenvalue weighted by Crippen LogP contribution is -2.04. The molecule has 0 aliphatic rings. The third-order valence-corrected chi connectivity index (χ3v) is 3.72. The number of hydrogen-bond donors (Lipinski definition) is 1. The Morgan fingerprint density at radius 3 is 2.32 bits per heavy atom. The minimum absolute atomic E-state index is 0.110. The van der Waals surface area contributed by atoms with Gasteiger partial charge in [-0.3, -0.25) is 0 Å². The van der Waals surface area contributed by atoms with Crippen LogP contribution in [0.2, 0.25) is 0 Å². The smallest absolute Gasteiger partial charge is 0.416 e. The molecule has 1 N–H and O–H groups in total. The molecule has 1 atom stereocenters. The van der Waals surface area contributed by atoms with Crippen molar-refractivity contribution in [1.29, 1.82) is 0 Å². The molecule has 0 bridgehead atoms. The van der Waals surface area contributed by atoms with Crippen LogP contribution >= 0.6 is 0 Å². The Bertz CT molecular complexity index is 855. The molecule has 2 aromatic carbocycles. The first kappa shape index (κ1) is 17.2. The summed E-state index contributed by atoms with van der Waals surface area (Å²) in [6.45, 7) is 1.52. The number of aromatic nitrogens is 2. The van der Waals surface area contributed by atoms with Gasteiger partial charge in [0.25, 0.3) is 0 Å². The zero-order chi connectivity index (χ0) is 18.0. The minimum atomic E-state index is -4.35. The minimum Gasteiger partial charge on any atom is -0.418 e. The lowest BCUT2D eigenvalue weighted by molar-refractivity contribution is -0.137. The first-order valence-corrected chi connectivity index (χ1v) is 7.60. The van der Waals surface area contributed by atoms with Crippen LogP contribution in [0.4, 0.5) is 13.2 Å². The molecule has 7 heteroatoms. The van der Waals surface area contributed by atoms with Gasteiger partial charge in [-0.25, -0.2) is 0 Å². The van der Waals surface area contributed by atoms with Crippen molar-refractivity contribution in [3.8, 4) is 11.5 Å². The Kier molecular flexibility index (Phi) is 4.59. The molecule has 1 aromatic heterocycles. The Morgan fingerprint density at radius 1 is 1.04 bits per heavy atom. The van der Waals surface area contributed by atoms with Crippen molar-refractivity contribution in [2.24, 2.45) is 0 Å². The molecule has 0 saturated heterocycles. The number of halogens is 3. The van der Waals surface area contributed by atoms with Gasteiger partial charge in [0.1, 0.15) is 6.10 Å². The highest BCUT2D eigenvalue weighted by Crippen LogP contribution is 2.30. The van der Waals surface area contributed by atoms with Crippen molar-refractivity contribution in [1.82, 2.24) is 10.2 Å². The molecular weight excluding hydrogens is 333 g/mol. The van der Waals surface area contributed by atoms with Gasteiger partial charge in [-0.1, -0.05) is 30.3 Å². The zero-order valence-corrected chi connectivity index (χ0v) is 13.3. The topological polar surface area (TPSA) is 59.2 Å². The van der Waals surface area contributed by atoms with Gasteiger partial charge in [-0.15, -0.1) is 10.2 Å². The maximum absolute atomic E-state index is 12.7. The Labute approximate surface area is 141 Å². The van der Waals surface area contributed by atoms with Gasteiger partial charge in [0.05, 0.1) is 5.56 Å². The van der Waals surface area contributed by atoms with Gasteiger partial charge in [-0.2, -0.15) is 13.2 Å². The Morgan fingerprint density at radius 2 is 1.72 bits per heavy atom. The van der Waals surface area contributed by atoms with Gasteiger partial charge >= 0.3 is 6.18 Å². The fourth-order valence-corrected chi connectivity index (χ4v) is 2.43. The van der Waals surface area contributed by atoms with E-state index in [1.807, 2.05) is 12.1 Å². The molecular formula is C18H15F3N2O2. The number of aliphatic hydroxyl groups is 1. The van der Waals surface area contributed by atoms with E-state index in [0.717, 1.165) is 23.3 Å². The molecule has 1 unspecified atom stereocenters. The van der Waals surface area contributed by atoms with Crippen LogP contribution in [-0.2, 0) is 12.6 Å². The van der Waals surface area contributed by atoms with Gasteiger partial charge in [0.2, 0.25) is 11.8 Å². The fraction of sp³-hybridized carbons (Fsp3) is 0.222. The first-order chi connectivity index (χ1) is 11.8. The van der Waals surface area contributed by atoms with E-state index < -0.39 is 17.8 Å². The van der Waals surface area contributed by atoms with Crippen LogP contribution < -0.4 is 0 Å². The van der Waals surface area contributed by atoms with Crippen LogP contribution in [-0.4, -0.2) is 15.3 Å². The molecule has 4 nitrogen and oxygen atoms in total. The van der Waals surface area contributed by atoms with Crippen molar-refractivity contribution in [3.63, 3.8) is 0 Å². The van der Waals surface area contributed by atoms with Gasteiger partial charge < -0.3 is 9.52 Å². The lowest BCUT2D eigenvalue weighted by Gasteiger charge is -2.09. The van der Waals surface area contributed by atoms with Crippen molar-refractivity contribution < 1.29 is 22.7 Å². The van der Waals surface area contributed by atoms with E-state index in [2.05, 4.69) is 10.2 Å². The first-order valence-electron chi connectivity index (χ1n) is 7.60.